The first kappa shape index (κ1) is 18.2. The van der Waals surface area contributed by atoms with Crippen molar-refractivity contribution in [2.75, 3.05) is 12.3 Å². The van der Waals surface area contributed by atoms with Gasteiger partial charge in [-0.1, -0.05) is 17.7 Å². The van der Waals surface area contributed by atoms with Crippen molar-refractivity contribution >= 4 is 40.6 Å². The third-order valence-electron chi connectivity index (χ3n) is 3.93. The van der Waals surface area contributed by atoms with Crippen LogP contribution in [-0.4, -0.2) is 33.0 Å². The molecule has 134 valence electrons. The summed E-state index contributed by atoms with van der Waals surface area (Å²) in [6.45, 7) is 0.474. The van der Waals surface area contributed by atoms with E-state index in [0.717, 1.165) is 0 Å². The summed E-state index contributed by atoms with van der Waals surface area (Å²) in [6.07, 6.45) is 0. The van der Waals surface area contributed by atoms with Crippen molar-refractivity contribution in [1.82, 2.24) is 4.90 Å². The zero-order chi connectivity index (χ0) is 18.8. The Morgan fingerprint density at radius 1 is 1.12 bits per heavy atom. The summed E-state index contributed by atoms with van der Waals surface area (Å²) in [5.74, 6) is 0.396. The topological polar surface area (TPSA) is 107 Å². The van der Waals surface area contributed by atoms with Crippen LogP contribution >= 0.6 is 23.4 Å². The number of carbonyl (C=O) groups excluding carboxylic acids is 1. The Bertz CT molecular complexity index is 890. The van der Waals surface area contributed by atoms with Crippen LogP contribution in [0.4, 0.5) is 11.4 Å². The Hall–Kier alpha value is -2.65. The molecule has 0 radical (unpaired) electrons. The average molecular weight is 394 g/mol. The second-order valence-corrected chi connectivity index (χ2v) is 7.09. The lowest BCUT2D eigenvalue weighted by atomic mass is 10.1. The summed E-state index contributed by atoms with van der Waals surface area (Å²) < 4.78 is 0. The highest BCUT2D eigenvalue weighted by molar-refractivity contribution is 7.99. The third kappa shape index (κ3) is 3.49. The molecule has 1 saturated heterocycles. The highest BCUT2D eigenvalue weighted by Gasteiger charge is 2.32. The van der Waals surface area contributed by atoms with Gasteiger partial charge in [-0.25, -0.2) is 0 Å². The Morgan fingerprint density at radius 3 is 2.42 bits per heavy atom. The first-order valence-corrected chi connectivity index (χ1v) is 8.92. The van der Waals surface area contributed by atoms with Crippen molar-refractivity contribution in [2.24, 2.45) is 0 Å². The molecular weight excluding hydrogens is 382 g/mol. The predicted molar refractivity (Wildman–Crippen MR) is 97.4 cm³/mol. The van der Waals surface area contributed by atoms with Crippen molar-refractivity contribution in [3.8, 4) is 0 Å². The molecule has 1 heterocycles. The van der Waals surface area contributed by atoms with Gasteiger partial charge in [0.05, 0.1) is 9.85 Å². The molecule has 8 nitrogen and oxygen atoms in total. The van der Waals surface area contributed by atoms with Crippen LogP contribution in [0.15, 0.2) is 42.5 Å². The largest absolute Gasteiger partial charge is 0.322 e. The minimum Gasteiger partial charge on any atom is -0.322 e. The van der Waals surface area contributed by atoms with Crippen molar-refractivity contribution in [3.05, 3.63) is 78.8 Å². The van der Waals surface area contributed by atoms with Gasteiger partial charge in [-0.3, -0.25) is 25.0 Å². The number of hydrogen-bond donors (Lipinski definition) is 0. The van der Waals surface area contributed by atoms with Crippen LogP contribution in [0, 0.1) is 20.2 Å². The maximum atomic E-state index is 12.8. The van der Waals surface area contributed by atoms with Gasteiger partial charge in [0.15, 0.2) is 0 Å². The quantitative estimate of drug-likeness (QED) is 0.573. The molecule has 10 heteroatoms. The summed E-state index contributed by atoms with van der Waals surface area (Å²) in [4.78, 5) is 35.1. The Balaban J connectivity index is 1.88. The van der Waals surface area contributed by atoms with Gasteiger partial charge in [-0.05, 0) is 23.8 Å². The lowest BCUT2D eigenvalue weighted by Crippen LogP contribution is -2.30. The van der Waals surface area contributed by atoms with E-state index in [1.807, 2.05) is 0 Å². The average Bonchev–Trinajstić information content (AvgIpc) is 3.11. The molecule has 1 atom stereocenters. The van der Waals surface area contributed by atoms with E-state index in [4.69, 9.17) is 11.6 Å². The van der Waals surface area contributed by atoms with Crippen molar-refractivity contribution < 1.29 is 14.6 Å². The second kappa shape index (κ2) is 7.30. The number of rotatable bonds is 4. The van der Waals surface area contributed by atoms with Crippen LogP contribution < -0.4 is 0 Å². The van der Waals surface area contributed by atoms with Gasteiger partial charge in [0.25, 0.3) is 17.3 Å². The minimum absolute atomic E-state index is 0.0370. The number of benzene rings is 2. The molecule has 0 spiro atoms. The Morgan fingerprint density at radius 2 is 1.81 bits per heavy atom. The number of hydrogen-bond acceptors (Lipinski definition) is 6. The summed E-state index contributed by atoms with van der Waals surface area (Å²) in [6, 6.07) is 9.85. The molecular formula is C16H12ClN3O5S. The zero-order valence-corrected chi connectivity index (χ0v) is 14.8. The molecule has 1 fully saturated rings. The molecule has 0 aliphatic carbocycles. The number of thioether (sulfide) groups is 1. The van der Waals surface area contributed by atoms with Gasteiger partial charge in [0.2, 0.25) is 0 Å². The van der Waals surface area contributed by atoms with E-state index in [-0.39, 0.29) is 27.7 Å². The van der Waals surface area contributed by atoms with Gasteiger partial charge >= 0.3 is 0 Å². The van der Waals surface area contributed by atoms with Crippen molar-refractivity contribution in [1.29, 1.82) is 0 Å². The van der Waals surface area contributed by atoms with Crippen LogP contribution in [0.5, 0.6) is 0 Å². The molecule has 2 aromatic carbocycles. The molecule has 1 unspecified atom stereocenters. The first-order chi connectivity index (χ1) is 12.4. The molecule has 0 N–H and O–H groups in total. The minimum atomic E-state index is -0.562. The van der Waals surface area contributed by atoms with E-state index in [2.05, 4.69) is 0 Å². The second-order valence-electron chi connectivity index (χ2n) is 5.49. The molecule has 0 aromatic heterocycles. The van der Waals surface area contributed by atoms with E-state index in [1.165, 1.54) is 48.2 Å². The predicted octanol–water partition coefficient (Wildman–Crippen LogP) is 4.04. The van der Waals surface area contributed by atoms with Gasteiger partial charge in [-0.2, -0.15) is 0 Å². The number of halogens is 1. The van der Waals surface area contributed by atoms with E-state index >= 15 is 0 Å². The summed E-state index contributed by atoms with van der Waals surface area (Å²) in [5.41, 5.74) is 0.632. The monoisotopic (exact) mass is 393 g/mol. The molecule has 1 aliphatic heterocycles. The molecule has 1 amide bonds. The van der Waals surface area contributed by atoms with E-state index in [1.54, 1.807) is 11.0 Å². The number of non-ortho nitro benzene ring substituents is 1. The third-order valence-corrected chi connectivity index (χ3v) is 5.51. The maximum Gasteiger partial charge on any atom is 0.288 e. The normalized spacial score (nSPS) is 16.5. The van der Waals surface area contributed by atoms with Crippen LogP contribution in [0.2, 0.25) is 5.02 Å². The lowest BCUT2D eigenvalue weighted by Gasteiger charge is -2.24. The number of nitro benzene ring substituents is 2. The number of amides is 1. The van der Waals surface area contributed by atoms with Crippen LogP contribution in [0.1, 0.15) is 21.3 Å². The Kier molecular flexibility index (Phi) is 5.10. The molecule has 3 rings (SSSR count). The highest BCUT2D eigenvalue weighted by atomic mass is 35.5. The molecule has 0 saturated carbocycles. The van der Waals surface area contributed by atoms with Crippen LogP contribution in [-0.2, 0) is 0 Å². The van der Waals surface area contributed by atoms with Gasteiger partial charge in [-0.15, -0.1) is 11.8 Å². The molecule has 0 bridgehead atoms. The van der Waals surface area contributed by atoms with E-state index in [9.17, 15) is 25.0 Å². The summed E-state index contributed by atoms with van der Waals surface area (Å²) in [7, 11) is 0. The number of carbonyl (C=O) groups is 1. The van der Waals surface area contributed by atoms with E-state index < -0.39 is 9.85 Å². The first-order valence-electron chi connectivity index (χ1n) is 7.49. The van der Waals surface area contributed by atoms with Gasteiger partial charge in [0.1, 0.15) is 10.4 Å². The highest BCUT2D eigenvalue weighted by Crippen LogP contribution is 2.41. The smallest absolute Gasteiger partial charge is 0.288 e. The zero-order valence-electron chi connectivity index (χ0n) is 13.2. The van der Waals surface area contributed by atoms with Crippen molar-refractivity contribution in [2.45, 2.75) is 5.37 Å². The van der Waals surface area contributed by atoms with Crippen LogP contribution in [0.25, 0.3) is 0 Å². The number of nitro groups is 2. The van der Waals surface area contributed by atoms with Crippen molar-refractivity contribution in [3.63, 3.8) is 0 Å². The van der Waals surface area contributed by atoms with E-state index in [0.29, 0.717) is 23.4 Å². The molecule has 1 aliphatic rings. The number of nitrogens with zero attached hydrogens (tertiary/aromatic N) is 3. The Labute approximate surface area is 157 Å². The maximum absolute atomic E-state index is 12.8. The summed E-state index contributed by atoms with van der Waals surface area (Å²) in [5, 5.41) is 21.5. The fourth-order valence-electron chi connectivity index (χ4n) is 2.67. The van der Waals surface area contributed by atoms with Gasteiger partial charge in [0, 0.05) is 36.1 Å². The SMILES string of the molecule is O=C(c1ccc([N+](=O)[O-])cc1)N1CCSC1c1ccc(Cl)c([N+](=O)[O-])c1. The van der Waals surface area contributed by atoms with Gasteiger partial charge < -0.3 is 4.90 Å². The molecule has 2 aromatic rings. The van der Waals surface area contributed by atoms with Crippen LogP contribution in [0.3, 0.4) is 0 Å². The summed E-state index contributed by atoms with van der Waals surface area (Å²) >= 11 is 7.34. The molecule has 26 heavy (non-hydrogen) atoms. The fraction of sp³-hybridized carbons (Fsp3) is 0.188. The fourth-order valence-corrected chi connectivity index (χ4v) is 4.10. The lowest BCUT2D eigenvalue weighted by molar-refractivity contribution is -0.385. The standard InChI is InChI=1S/C16H12ClN3O5S/c17-13-6-3-11(9-14(13)20(24)25)16-18(7-8-26-16)15(21)10-1-4-12(5-2-10)19(22)23/h1-6,9,16H,7-8H2.